The zero-order valence-corrected chi connectivity index (χ0v) is 11.8. The Labute approximate surface area is 123 Å². The molecule has 0 bridgehead atoms. The van der Waals surface area contributed by atoms with Crippen LogP contribution >= 0.6 is 12.6 Å². The first-order chi connectivity index (χ1) is 9.72. The third-order valence-corrected chi connectivity index (χ3v) is 3.59. The summed E-state index contributed by atoms with van der Waals surface area (Å²) in [5.41, 5.74) is 1.82. The predicted octanol–water partition coefficient (Wildman–Crippen LogP) is 2.71. The van der Waals surface area contributed by atoms with Crippen LogP contribution in [-0.4, -0.2) is 18.6 Å². The first-order valence-electron chi connectivity index (χ1n) is 6.54. The molecule has 1 heterocycles. The summed E-state index contributed by atoms with van der Waals surface area (Å²) >= 11 is 4.23. The number of hydrogen-bond acceptors (Lipinski definition) is 3. The molecule has 1 aliphatic heterocycles. The molecule has 4 heteroatoms. The molecule has 1 unspecified atom stereocenters. The highest BCUT2D eigenvalue weighted by Crippen LogP contribution is 2.27. The predicted molar refractivity (Wildman–Crippen MR) is 80.6 cm³/mol. The van der Waals surface area contributed by atoms with Crippen molar-refractivity contribution in [3.05, 3.63) is 59.7 Å². The zero-order chi connectivity index (χ0) is 13.9. The molecule has 3 rings (SSSR count). The number of para-hydroxylation sites is 1. The number of thiol groups is 1. The van der Waals surface area contributed by atoms with Crippen LogP contribution in [0.5, 0.6) is 5.75 Å². The topological polar surface area (TPSA) is 38.3 Å². The fourth-order valence-electron chi connectivity index (χ4n) is 2.32. The molecule has 2 aromatic rings. The monoisotopic (exact) mass is 285 g/mol. The van der Waals surface area contributed by atoms with Gasteiger partial charge in [-0.2, -0.15) is 0 Å². The lowest BCUT2D eigenvalue weighted by atomic mass is 10.1. The Balaban J connectivity index is 1.58. The molecule has 1 aliphatic rings. The van der Waals surface area contributed by atoms with Crippen molar-refractivity contribution in [1.82, 2.24) is 5.32 Å². The minimum atomic E-state index is -0.0968. The normalized spacial score (nSPS) is 16.4. The minimum Gasteiger partial charge on any atom is -0.488 e. The van der Waals surface area contributed by atoms with E-state index in [0.717, 1.165) is 17.1 Å². The van der Waals surface area contributed by atoms with Crippen molar-refractivity contribution in [2.45, 2.75) is 17.4 Å². The largest absolute Gasteiger partial charge is 0.488 e. The van der Waals surface area contributed by atoms with Gasteiger partial charge in [0, 0.05) is 16.9 Å². The fourth-order valence-corrected chi connectivity index (χ4v) is 2.55. The van der Waals surface area contributed by atoms with Crippen molar-refractivity contribution >= 4 is 18.5 Å². The van der Waals surface area contributed by atoms with Gasteiger partial charge in [-0.1, -0.05) is 24.3 Å². The van der Waals surface area contributed by atoms with E-state index >= 15 is 0 Å². The molecule has 0 spiro atoms. The summed E-state index contributed by atoms with van der Waals surface area (Å²) in [4.78, 5) is 12.8. The molecule has 0 saturated carbocycles. The van der Waals surface area contributed by atoms with Gasteiger partial charge in [-0.25, -0.2) is 0 Å². The van der Waals surface area contributed by atoms with E-state index in [2.05, 4.69) is 24.0 Å². The highest BCUT2D eigenvalue weighted by atomic mass is 32.1. The van der Waals surface area contributed by atoms with Gasteiger partial charge in [-0.3, -0.25) is 4.79 Å². The van der Waals surface area contributed by atoms with Gasteiger partial charge in [0.05, 0.1) is 6.54 Å². The van der Waals surface area contributed by atoms with Crippen molar-refractivity contribution in [2.75, 3.05) is 6.54 Å². The molecule has 2 aromatic carbocycles. The number of carbonyl (C=O) groups is 1. The van der Waals surface area contributed by atoms with Gasteiger partial charge in [0.1, 0.15) is 11.9 Å². The summed E-state index contributed by atoms with van der Waals surface area (Å²) in [5, 5.41) is 2.91. The summed E-state index contributed by atoms with van der Waals surface area (Å²) in [6, 6.07) is 15.2. The SMILES string of the molecule is O=C(NCC1Cc2ccccc2O1)c1cccc(S)c1. The van der Waals surface area contributed by atoms with E-state index in [9.17, 15) is 4.79 Å². The summed E-state index contributed by atoms with van der Waals surface area (Å²) in [7, 11) is 0. The standard InChI is InChI=1S/C16H15NO2S/c18-16(12-5-3-6-14(20)9-12)17-10-13-8-11-4-1-2-7-15(11)19-13/h1-7,9,13,20H,8,10H2,(H,17,18). The number of amides is 1. The van der Waals surface area contributed by atoms with E-state index in [4.69, 9.17) is 4.74 Å². The smallest absolute Gasteiger partial charge is 0.251 e. The van der Waals surface area contributed by atoms with Crippen LogP contribution in [0.4, 0.5) is 0 Å². The molecule has 0 radical (unpaired) electrons. The van der Waals surface area contributed by atoms with Crippen molar-refractivity contribution in [3.63, 3.8) is 0 Å². The number of fused-ring (bicyclic) bond motifs is 1. The van der Waals surface area contributed by atoms with E-state index in [1.54, 1.807) is 12.1 Å². The van der Waals surface area contributed by atoms with Crippen LogP contribution in [-0.2, 0) is 6.42 Å². The Hall–Kier alpha value is -1.94. The van der Waals surface area contributed by atoms with Crippen LogP contribution in [0.25, 0.3) is 0 Å². The van der Waals surface area contributed by atoms with E-state index in [0.29, 0.717) is 12.1 Å². The Morgan fingerprint density at radius 3 is 2.90 bits per heavy atom. The van der Waals surface area contributed by atoms with Crippen LogP contribution in [0.1, 0.15) is 15.9 Å². The zero-order valence-electron chi connectivity index (χ0n) is 10.9. The Bertz CT molecular complexity index is 617. The van der Waals surface area contributed by atoms with Crippen LogP contribution in [0.2, 0.25) is 0 Å². The van der Waals surface area contributed by atoms with Gasteiger partial charge < -0.3 is 10.1 Å². The average molecular weight is 285 g/mol. The van der Waals surface area contributed by atoms with Crippen LogP contribution in [0.3, 0.4) is 0 Å². The van der Waals surface area contributed by atoms with Gasteiger partial charge in [-0.05, 0) is 29.8 Å². The number of hydrogen-bond donors (Lipinski definition) is 2. The molecule has 0 saturated heterocycles. The van der Waals surface area contributed by atoms with Crippen molar-refractivity contribution in [1.29, 1.82) is 0 Å². The molecule has 1 amide bonds. The quantitative estimate of drug-likeness (QED) is 0.851. The van der Waals surface area contributed by atoms with Gasteiger partial charge in [-0.15, -0.1) is 12.6 Å². The minimum absolute atomic E-state index is 0.00975. The molecular weight excluding hydrogens is 270 g/mol. The summed E-state index contributed by atoms with van der Waals surface area (Å²) in [6.07, 6.45) is 0.846. The maximum Gasteiger partial charge on any atom is 0.251 e. The highest BCUT2D eigenvalue weighted by molar-refractivity contribution is 7.80. The van der Waals surface area contributed by atoms with Crippen molar-refractivity contribution in [2.24, 2.45) is 0 Å². The Morgan fingerprint density at radius 1 is 1.25 bits per heavy atom. The third kappa shape index (κ3) is 2.80. The van der Waals surface area contributed by atoms with Crippen LogP contribution in [0, 0.1) is 0 Å². The van der Waals surface area contributed by atoms with E-state index < -0.39 is 0 Å². The van der Waals surface area contributed by atoms with Gasteiger partial charge in [0.2, 0.25) is 0 Å². The summed E-state index contributed by atoms with van der Waals surface area (Å²) < 4.78 is 5.79. The first kappa shape index (κ1) is 13.1. The number of benzene rings is 2. The molecule has 102 valence electrons. The van der Waals surface area contributed by atoms with Gasteiger partial charge in [0.15, 0.2) is 0 Å². The molecule has 0 aliphatic carbocycles. The van der Waals surface area contributed by atoms with Crippen molar-refractivity contribution in [3.8, 4) is 5.75 Å². The van der Waals surface area contributed by atoms with E-state index in [1.165, 1.54) is 5.56 Å². The molecule has 3 nitrogen and oxygen atoms in total. The van der Waals surface area contributed by atoms with Gasteiger partial charge >= 0.3 is 0 Å². The molecule has 0 aromatic heterocycles. The van der Waals surface area contributed by atoms with E-state index in [-0.39, 0.29) is 12.0 Å². The van der Waals surface area contributed by atoms with Gasteiger partial charge in [0.25, 0.3) is 5.91 Å². The average Bonchev–Trinajstić information content (AvgIpc) is 2.87. The summed E-state index contributed by atoms with van der Waals surface area (Å²) in [6.45, 7) is 0.504. The number of ether oxygens (including phenoxy) is 1. The number of nitrogens with one attached hydrogen (secondary N) is 1. The molecule has 0 fully saturated rings. The highest BCUT2D eigenvalue weighted by Gasteiger charge is 2.22. The van der Waals surface area contributed by atoms with E-state index in [1.807, 2.05) is 30.3 Å². The Kier molecular flexibility index (Phi) is 3.65. The molecule has 1 N–H and O–H groups in total. The maximum atomic E-state index is 12.0. The fraction of sp³-hybridized carbons (Fsp3) is 0.188. The maximum absolute atomic E-state index is 12.0. The second-order valence-electron chi connectivity index (χ2n) is 4.81. The lowest BCUT2D eigenvalue weighted by Gasteiger charge is -2.12. The Morgan fingerprint density at radius 2 is 2.10 bits per heavy atom. The lowest BCUT2D eigenvalue weighted by molar-refractivity contribution is 0.0933. The molecular formula is C16H15NO2S. The molecule has 20 heavy (non-hydrogen) atoms. The second kappa shape index (κ2) is 5.59. The lowest BCUT2D eigenvalue weighted by Crippen LogP contribution is -2.34. The number of carbonyl (C=O) groups excluding carboxylic acids is 1. The van der Waals surface area contributed by atoms with Crippen LogP contribution < -0.4 is 10.1 Å². The van der Waals surface area contributed by atoms with Crippen molar-refractivity contribution < 1.29 is 9.53 Å². The van der Waals surface area contributed by atoms with Crippen LogP contribution in [0.15, 0.2) is 53.4 Å². The third-order valence-electron chi connectivity index (χ3n) is 3.31. The number of rotatable bonds is 3. The first-order valence-corrected chi connectivity index (χ1v) is 6.99. The second-order valence-corrected chi connectivity index (χ2v) is 5.33. The molecule has 1 atom stereocenters. The summed E-state index contributed by atoms with van der Waals surface area (Å²) in [5.74, 6) is 0.824.